The second-order valence-corrected chi connectivity index (χ2v) is 8.23. The number of carbonyl (C=O) groups is 1. The van der Waals surface area contributed by atoms with Crippen LogP contribution in [0.5, 0.6) is 0 Å². The molecule has 2 aliphatic carbocycles. The van der Waals surface area contributed by atoms with Gasteiger partial charge in [0.25, 0.3) is 5.91 Å². The zero-order valence-corrected chi connectivity index (χ0v) is 14.8. The fourth-order valence-electron chi connectivity index (χ4n) is 4.92. The monoisotopic (exact) mass is 334 g/mol. The molecule has 2 saturated carbocycles. The molecule has 0 radical (unpaired) electrons. The summed E-state index contributed by atoms with van der Waals surface area (Å²) in [5.74, 6) is 2.38. The minimum absolute atomic E-state index is 0.226. The number of pyridine rings is 1. The lowest BCUT2D eigenvalue weighted by atomic mass is 9.75. The highest BCUT2D eigenvalue weighted by molar-refractivity contribution is 6.06. The molecule has 1 saturated heterocycles. The summed E-state index contributed by atoms with van der Waals surface area (Å²) in [6.45, 7) is 1.88. The first-order chi connectivity index (χ1) is 12.3. The smallest absolute Gasteiger partial charge is 0.254 e. The highest BCUT2D eigenvalue weighted by Crippen LogP contribution is 2.41. The van der Waals surface area contributed by atoms with E-state index in [4.69, 9.17) is 4.98 Å². The zero-order valence-electron chi connectivity index (χ0n) is 14.8. The van der Waals surface area contributed by atoms with Crippen molar-refractivity contribution in [3.63, 3.8) is 0 Å². The number of hydrogen-bond acceptors (Lipinski definition) is 2. The summed E-state index contributed by atoms with van der Waals surface area (Å²) in [6.07, 6.45) is 9.02. The first-order valence-electron chi connectivity index (χ1n) is 9.98. The molecule has 1 aromatic heterocycles. The molecule has 2 aromatic rings. The van der Waals surface area contributed by atoms with Crippen LogP contribution in [0.25, 0.3) is 10.9 Å². The van der Waals surface area contributed by atoms with Crippen LogP contribution in [0.1, 0.15) is 66.9 Å². The van der Waals surface area contributed by atoms with Crippen LogP contribution in [0.2, 0.25) is 0 Å². The molecule has 25 heavy (non-hydrogen) atoms. The third-order valence-corrected chi connectivity index (χ3v) is 6.54. The van der Waals surface area contributed by atoms with Crippen molar-refractivity contribution in [1.82, 2.24) is 9.88 Å². The summed E-state index contributed by atoms with van der Waals surface area (Å²) in [5.41, 5.74) is 2.97. The first-order valence-corrected chi connectivity index (χ1v) is 9.98. The number of rotatable bonds is 2. The standard InChI is InChI=1S/C22H26N2O/c25-22(24-12-11-15-5-1-2-6-17(15)14-24)19-13-21(16-9-10-16)23-20-8-4-3-7-18(19)20/h3-4,7-8,13,15-17H,1-2,5-6,9-12,14H2/t15-,17-/m0/s1. The van der Waals surface area contributed by atoms with Crippen molar-refractivity contribution >= 4 is 16.8 Å². The fourth-order valence-corrected chi connectivity index (χ4v) is 4.92. The number of piperidine rings is 1. The van der Waals surface area contributed by atoms with Crippen LogP contribution in [0.15, 0.2) is 30.3 Å². The molecular weight excluding hydrogens is 308 g/mol. The predicted octanol–water partition coefficient (Wildman–Crippen LogP) is 4.76. The van der Waals surface area contributed by atoms with E-state index < -0.39 is 0 Å². The van der Waals surface area contributed by atoms with E-state index in [1.807, 2.05) is 18.2 Å². The summed E-state index contributed by atoms with van der Waals surface area (Å²) in [6, 6.07) is 10.2. The summed E-state index contributed by atoms with van der Waals surface area (Å²) in [7, 11) is 0. The van der Waals surface area contributed by atoms with E-state index in [9.17, 15) is 4.79 Å². The Labute approximate surface area is 149 Å². The number of fused-ring (bicyclic) bond motifs is 2. The molecule has 1 aromatic carbocycles. The largest absolute Gasteiger partial charge is 0.338 e. The summed E-state index contributed by atoms with van der Waals surface area (Å²) in [5, 5.41) is 1.02. The van der Waals surface area contributed by atoms with Crippen molar-refractivity contribution in [1.29, 1.82) is 0 Å². The minimum atomic E-state index is 0.226. The third kappa shape index (κ3) is 2.84. The second kappa shape index (κ2) is 6.12. The SMILES string of the molecule is O=C(c1cc(C2CC2)nc2ccccc12)N1CC[C@@H]2CCCC[C@H]2C1. The Morgan fingerprint density at radius 2 is 1.80 bits per heavy atom. The Morgan fingerprint density at radius 3 is 2.64 bits per heavy atom. The molecule has 0 unspecified atom stereocenters. The third-order valence-electron chi connectivity index (χ3n) is 6.54. The van der Waals surface area contributed by atoms with Crippen LogP contribution in [0, 0.1) is 11.8 Å². The number of likely N-dealkylation sites (tertiary alicyclic amines) is 1. The highest BCUT2D eigenvalue weighted by Gasteiger charge is 2.34. The lowest BCUT2D eigenvalue weighted by Crippen LogP contribution is -2.44. The van der Waals surface area contributed by atoms with Gasteiger partial charge in [-0.3, -0.25) is 9.78 Å². The molecule has 1 aliphatic heterocycles. The maximum Gasteiger partial charge on any atom is 0.254 e. The van der Waals surface area contributed by atoms with Gasteiger partial charge in [-0.25, -0.2) is 0 Å². The van der Waals surface area contributed by atoms with Gasteiger partial charge in [-0.05, 0) is 49.7 Å². The Kier molecular flexibility index (Phi) is 3.76. The molecule has 5 rings (SSSR count). The van der Waals surface area contributed by atoms with Crippen molar-refractivity contribution in [2.75, 3.05) is 13.1 Å². The normalized spacial score (nSPS) is 26.5. The molecule has 0 bridgehead atoms. The summed E-state index contributed by atoms with van der Waals surface area (Å²) >= 11 is 0. The molecule has 2 heterocycles. The zero-order chi connectivity index (χ0) is 16.8. The lowest BCUT2D eigenvalue weighted by molar-refractivity contribution is 0.0522. The Hall–Kier alpha value is -1.90. The predicted molar refractivity (Wildman–Crippen MR) is 99.7 cm³/mol. The van der Waals surface area contributed by atoms with Crippen molar-refractivity contribution in [3.8, 4) is 0 Å². The maximum absolute atomic E-state index is 13.4. The van der Waals surface area contributed by atoms with Crippen LogP contribution in [-0.4, -0.2) is 28.9 Å². The second-order valence-electron chi connectivity index (χ2n) is 8.23. The van der Waals surface area contributed by atoms with Crippen LogP contribution in [0.3, 0.4) is 0 Å². The van der Waals surface area contributed by atoms with Gasteiger partial charge in [-0.2, -0.15) is 0 Å². The Morgan fingerprint density at radius 1 is 1.00 bits per heavy atom. The lowest BCUT2D eigenvalue weighted by Gasteiger charge is -2.41. The van der Waals surface area contributed by atoms with E-state index in [1.165, 1.54) is 44.9 Å². The molecule has 3 fully saturated rings. The molecule has 0 spiro atoms. The Bertz CT molecular complexity index is 811. The van der Waals surface area contributed by atoms with Gasteiger partial charge in [0.2, 0.25) is 0 Å². The number of para-hydroxylation sites is 1. The van der Waals surface area contributed by atoms with Crippen LogP contribution < -0.4 is 0 Å². The number of hydrogen-bond donors (Lipinski definition) is 0. The molecule has 0 N–H and O–H groups in total. The Balaban J connectivity index is 1.48. The number of benzene rings is 1. The van der Waals surface area contributed by atoms with Gasteiger partial charge in [-0.15, -0.1) is 0 Å². The van der Waals surface area contributed by atoms with Crippen molar-refractivity contribution in [2.45, 2.75) is 50.9 Å². The number of aromatic nitrogens is 1. The van der Waals surface area contributed by atoms with Crippen molar-refractivity contribution in [3.05, 3.63) is 41.6 Å². The maximum atomic E-state index is 13.4. The first kappa shape index (κ1) is 15.4. The molecule has 3 nitrogen and oxygen atoms in total. The molecule has 3 aliphatic rings. The summed E-state index contributed by atoms with van der Waals surface area (Å²) in [4.78, 5) is 20.3. The number of carbonyl (C=O) groups excluding carboxylic acids is 1. The van der Waals surface area contributed by atoms with Crippen LogP contribution >= 0.6 is 0 Å². The van der Waals surface area contributed by atoms with E-state index in [1.54, 1.807) is 0 Å². The van der Waals surface area contributed by atoms with E-state index in [2.05, 4.69) is 17.0 Å². The molecule has 2 atom stereocenters. The number of amides is 1. The van der Waals surface area contributed by atoms with Gasteiger partial charge in [0.15, 0.2) is 0 Å². The van der Waals surface area contributed by atoms with Gasteiger partial charge in [0, 0.05) is 30.1 Å². The molecular formula is C22H26N2O. The van der Waals surface area contributed by atoms with Crippen molar-refractivity contribution in [2.24, 2.45) is 11.8 Å². The van der Waals surface area contributed by atoms with E-state index in [-0.39, 0.29) is 5.91 Å². The van der Waals surface area contributed by atoms with Gasteiger partial charge in [0.1, 0.15) is 0 Å². The number of nitrogens with zero attached hydrogens (tertiary/aromatic N) is 2. The van der Waals surface area contributed by atoms with Crippen molar-refractivity contribution < 1.29 is 4.79 Å². The molecule has 1 amide bonds. The van der Waals surface area contributed by atoms with Gasteiger partial charge in [0.05, 0.1) is 11.1 Å². The average Bonchev–Trinajstić information content (AvgIpc) is 3.51. The van der Waals surface area contributed by atoms with Gasteiger partial charge >= 0.3 is 0 Å². The van der Waals surface area contributed by atoms with E-state index >= 15 is 0 Å². The molecule has 3 heteroatoms. The quantitative estimate of drug-likeness (QED) is 0.793. The average molecular weight is 334 g/mol. The summed E-state index contributed by atoms with van der Waals surface area (Å²) < 4.78 is 0. The molecule has 130 valence electrons. The van der Waals surface area contributed by atoms with Crippen LogP contribution in [-0.2, 0) is 0 Å². The minimum Gasteiger partial charge on any atom is -0.338 e. The van der Waals surface area contributed by atoms with E-state index in [0.717, 1.165) is 47.1 Å². The fraction of sp³-hybridized carbons (Fsp3) is 0.545. The topological polar surface area (TPSA) is 33.2 Å². The van der Waals surface area contributed by atoms with E-state index in [0.29, 0.717) is 5.92 Å². The van der Waals surface area contributed by atoms with Gasteiger partial charge < -0.3 is 4.90 Å². The highest BCUT2D eigenvalue weighted by atomic mass is 16.2. The van der Waals surface area contributed by atoms with Gasteiger partial charge in [-0.1, -0.05) is 37.5 Å². The van der Waals surface area contributed by atoms with Crippen LogP contribution in [0.4, 0.5) is 0 Å².